The van der Waals surface area contributed by atoms with E-state index in [0.29, 0.717) is 12.2 Å². The molecule has 21 heavy (non-hydrogen) atoms. The van der Waals surface area contributed by atoms with E-state index in [2.05, 4.69) is 6.08 Å². The average molecular weight is 282 g/mol. The van der Waals surface area contributed by atoms with Gasteiger partial charge in [-0.15, -0.1) is 0 Å². The predicted octanol–water partition coefficient (Wildman–Crippen LogP) is 4.00. The van der Waals surface area contributed by atoms with Gasteiger partial charge in [0, 0.05) is 11.6 Å². The van der Waals surface area contributed by atoms with Crippen molar-refractivity contribution in [3.8, 4) is 5.75 Å². The number of allylic oxidation sites excluding steroid dienone is 4. The molecule has 1 aliphatic rings. The summed E-state index contributed by atoms with van der Waals surface area (Å²) in [5, 5.41) is 8.64. The van der Waals surface area contributed by atoms with Crippen molar-refractivity contribution in [2.45, 2.75) is 13.8 Å². The van der Waals surface area contributed by atoms with Gasteiger partial charge in [-0.25, -0.2) is 4.79 Å². The van der Waals surface area contributed by atoms with Gasteiger partial charge in [-0.2, -0.15) is 0 Å². The van der Waals surface area contributed by atoms with Crippen LogP contribution in [-0.2, 0) is 4.79 Å². The molecule has 1 N–H and O–H groups in total. The minimum absolute atomic E-state index is 0.553. The zero-order valence-electron chi connectivity index (χ0n) is 12.2. The minimum Gasteiger partial charge on any atom is -0.488 e. The highest BCUT2D eigenvalue weighted by Crippen LogP contribution is 2.28. The summed E-state index contributed by atoms with van der Waals surface area (Å²) in [5.74, 6) is -0.0253. The first-order chi connectivity index (χ1) is 10.1. The van der Waals surface area contributed by atoms with E-state index in [1.165, 1.54) is 6.08 Å². The van der Waals surface area contributed by atoms with Gasteiger partial charge < -0.3 is 9.84 Å². The number of carboxylic acid groups (broad SMARTS) is 1. The molecule has 1 heterocycles. The molecule has 0 radical (unpaired) electrons. The van der Waals surface area contributed by atoms with Crippen molar-refractivity contribution in [2.24, 2.45) is 0 Å². The Bertz CT molecular complexity index is 661. The summed E-state index contributed by atoms with van der Waals surface area (Å²) in [6.45, 7) is 4.33. The molecule has 3 heteroatoms. The second-order valence-corrected chi connectivity index (χ2v) is 4.93. The van der Waals surface area contributed by atoms with Gasteiger partial charge in [0.05, 0.1) is 0 Å². The fourth-order valence-electron chi connectivity index (χ4n) is 2.04. The fraction of sp³-hybridized carbons (Fsp3) is 0.167. The zero-order chi connectivity index (χ0) is 15.2. The Hall–Kier alpha value is -2.55. The number of ether oxygens (including phenoxy) is 1. The monoisotopic (exact) mass is 282 g/mol. The quantitative estimate of drug-likeness (QED) is 0.670. The Morgan fingerprint density at radius 1 is 1.29 bits per heavy atom. The van der Waals surface area contributed by atoms with Crippen LogP contribution in [0.3, 0.4) is 0 Å². The summed E-state index contributed by atoms with van der Waals surface area (Å²) in [5.41, 5.74) is 4.00. The van der Waals surface area contributed by atoms with Crippen molar-refractivity contribution in [3.63, 3.8) is 0 Å². The molecule has 0 amide bonds. The average Bonchev–Trinajstić information content (AvgIpc) is 2.45. The van der Waals surface area contributed by atoms with E-state index < -0.39 is 5.97 Å². The first-order valence-corrected chi connectivity index (χ1v) is 6.75. The smallest absolute Gasteiger partial charge is 0.328 e. The van der Waals surface area contributed by atoms with E-state index in [1.807, 2.05) is 43.3 Å². The number of rotatable bonds is 4. The Kier molecular flexibility index (Phi) is 4.77. The van der Waals surface area contributed by atoms with E-state index in [-0.39, 0.29) is 0 Å². The van der Waals surface area contributed by atoms with Crippen molar-refractivity contribution in [3.05, 3.63) is 70.9 Å². The highest BCUT2D eigenvalue weighted by atomic mass is 16.5. The van der Waals surface area contributed by atoms with Crippen LogP contribution in [0.15, 0.2) is 65.3 Å². The summed E-state index contributed by atoms with van der Waals surface area (Å²) >= 11 is 0. The van der Waals surface area contributed by atoms with Crippen LogP contribution < -0.4 is 4.74 Å². The molecule has 0 atom stereocenters. The first-order valence-electron chi connectivity index (χ1n) is 6.75. The molecule has 0 aliphatic carbocycles. The predicted molar refractivity (Wildman–Crippen MR) is 84.2 cm³/mol. The zero-order valence-corrected chi connectivity index (χ0v) is 12.2. The van der Waals surface area contributed by atoms with Crippen molar-refractivity contribution >= 4 is 12.0 Å². The maximum absolute atomic E-state index is 10.5. The Morgan fingerprint density at radius 3 is 2.81 bits per heavy atom. The first kappa shape index (κ1) is 14.9. The van der Waals surface area contributed by atoms with E-state index >= 15 is 0 Å². The normalized spacial score (nSPS) is 15.4. The molecule has 1 aromatic rings. The Labute approximate surface area is 124 Å². The number of hydrogen-bond donors (Lipinski definition) is 1. The molecular weight excluding hydrogens is 264 g/mol. The number of carbonyl (C=O) groups is 1. The van der Waals surface area contributed by atoms with E-state index in [1.54, 1.807) is 13.0 Å². The molecular formula is C18H18O3. The van der Waals surface area contributed by atoms with Crippen LogP contribution in [0.4, 0.5) is 0 Å². The van der Waals surface area contributed by atoms with Gasteiger partial charge in [-0.05, 0) is 42.7 Å². The summed E-state index contributed by atoms with van der Waals surface area (Å²) in [6.07, 6.45) is 8.89. The van der Waals surface area contributed by atoms with Crippen molar-refractivity contribution in [1.82, 2.24) is 0 Å². The molecule has 0 bridgehead atoms. The SMILES string of the molecule is CC(/C=C/C=C(\C)C1=Cc2ccccc2OC1)=C\C(=O)O. The lowest BCUT2D eigenvalue weighted by molar-refractivity contribution is -0.131. The third-order valence-corrected chi connectivity index (χ3v) is 3.19. The van der Waals surface area contributed by atoms with Gasteiger partial charge in [0.25, 0.3) is 0 Å². The number of para-hydroxylation sites is 1. The van der Waals surface area contributed by atoms with Gasteiger partial charge in [0.15, 0.2) is 0 Å². The second-order valence-electron chi connectivity index (χ2n) is 4.93. The van der Waals surface area contributed by atoms with Crippen LogP contribution in [0.2, 0.25) is 0 Å². The van der Waals surface area contributed by atoms with Gasteiger partial charge in [-0.3, -0.25) is 0 Å². The van der Waals surface area contributed by atoms with Crippen molar-refractivity contribution in [2.75, 3.05) is 6.61 Å². The van der Waals surface area contributed by atoms with Crippen LogP contribution in [0, 0.1) is 0 Å². The van der Waals surface area contributed by atoms with Crippen LogP contribution in [0.25, 0.3) is 6.08 Å². The Morgan fingerprint density at radius 2 is 2.05 bits per heavy atom. The summed E-state index contributed by atoms with van der Waals surface area (Å²) in [6, 6.07) is 7.93. The number of aliphatic carboxylic acids is 1. The molecule has 2 rings (SSSR count). The maximum atomic E-state index is 10.5. The lowest BCUT2D eigenvalue weighted by atomic mass is 10.0. The van der Waals surface area contributed by atoms with E-state index in [4.69, 9.17) is 9.84 Å². The molecule has 3 nitrogen and oxygen atoms in total. The van der Waals surface area contributed by atoms with Crippen molar-refractivity contribution in [1.29, 1.82) is 0 Å². The minimum atomic E-state index is -0.933. The van der Waals surface area contributed by atoms with E-state index in [9.17, 15) is 4.79 Å². The van der Waals surface area contributed by atoms with Crippen LogP contribution >= 0.6 is 0 Å². The standard InChI is InChI=1S/C18H18O3/c1-13(10-18(19)20)6-5-7-14(2)16-11-15-8-3-4-9-17(15)21-12-16/h3-11H,12H2,1-2H3,(H,19,20)/b6-5+,13-10+,14-7+. The van der Waals surface area contributed by atoms with E-state index in [0.717, 1.165) is 22.5 Å². The highest BCUT2D eigenvalue weighted by molar-refractivity contribution is 5.81. The highest BCUT2D eigenvalue weighted by Gasteiger charge is 2.10. The molecule has 1 aliphatic heterocycles. The van der Waals surface area contributed by atoms with Crippen LogP contribution in [-0.4, -0.2) is 17.7 Å². The van der Waals surface area contributed by atoms with Crippen LogP contribution in [0.5, 0.6) is 5.75 Å². The third kappa shape index (κ3) is 4.21. The molecule has 0 saturated carbocycles. The molecule has 0 aromatic heterocycles. The molecule has 0 spiro atoms. The Balaban J connectivity index is 2.12. The van der Waals surface area contributed by atoms with Gasteiger partial charge >= 0.3 is 5.97 Å². The van der Waals surface area contributed by atoms with Crippen LogP contribution in [0.1, 0.15) is 19.4 Å². The molecule has 0 saturated heterocycles. The van der Waals surface area contributed by atoms with Crippen molar-refractivity contribution < 1.29 is 14.6 Å². The number of carboxylic acids is 1. The lowest BCUT2D eigenvalue weighted by Crippen LogP contribution is -2.07. The molecule has 1 aromatic carbocycles. The third-order valence-electron chi connectivity index (χ3n) is 3.19. The summed E-state index contributed by atoms with van der Waals surface area (Å²) in [7, 11) is 0. The number of hydrogen-bond acceptors (Lipinski definition) is 2. The number of fused-ring (bicyclic) bond motifs is 1. The molecule has 108 valence electrons. The molecule has 0 fully saturated rings. The summed E-state index contributed by atoms with van der Waals surface area (Å²) < 4.78 is 5.71. The maximum Gasteiger partial charge on any atom is 0.328 e. The number of benzene rings is 1. The largest absolute Gasteiger partial charge is 0.488 e. The topological polar surface area (TPSA) is 46.5 Å². The fourth-order valence-corrected chi connectivity index (χ4v) is 2.04. The van der Waals surface area contributed by atoms with Gasteiger partial charge in [0.1, 0.15) is 12.4 Å². The van der Waals surface area contributed by atoms with Gasteiger partial charge in [-0.1, -0.05) is 36.4 Å². The lowest BCUT2D eigenvalue weighted by Gasteiger charge is -2.18. The second kappa shape index (κ2) is 6.75. The summed E-state index contributed by atoms with van der Waals surface area (Å²) in [4.78, 5) is 10.5. The molecule has 0 unspecified atom stereocenters. The van der Waals surface area contributed by atoms with Gasteiger partial charge in [0.2, 0.25) is 0 Å².